The van der Waals surface area contributed by atoms with Gasteiger partial charge in [0.25, 0.3) is 10.1 Å². The van der Waals surface area contributed by atoms with Gasteiger partial charge in [-0.15, -0.1) is 0 Å². The van der Waals surface area contributed by atoms with Crippen LogP contribution in [0.2, 0.25) is 0 Å². The second-order valence-corrected chi connectivity index (χ2v) is 20.7. The van der Waals surface area contributed by atoms with Crippen molar-refractivity contribution < 1.29 is 156 Å². The summed E-state index contributed by atoms with van der Waals surface area (Å²) in [7, 11) is -4.98. The predicted octanol–water partition coefficient (Wildman–Crippen LogP) is -11.3. The SMILES string of the molecule is Cc1ccccc1S(=O)(=O)O[C@@H]1[C@@H](O)[C@H]2O[C@H]3[C@H](O)[C@@H](O)[C@@H](O[C@H]4[C@H](O)[C@@H](O)[C@@H](O[C@H]5[C@H](O)[C@@H](O)[C@@H](O[C@H]6[C@H](O)[C@@H](O)[C@@H](O[C@H]7[C@H](O)[C@@H](O)[C@@H](O[C@H]1[C@@H](CO)O2)O[C@@H]7CO)O[C@@H]6CO)O[C@@H]5CO)O[C@@H]4CO)O[C@@H]3CO. The standard InChI is InChI=1S/C43H66O32S/c1-12-4-2-3-5-19(12)76(61,62)75-37-30(60)43-68-18(11-49)36(37)74-42-29(59)24(54)34(16(9-47)67-42)72-40-27(57)22(52)32(14(7-45)65-40)70-38-25(55)20(50)31(13(6-44)63-38)69-39-26(56)21(51)33(15(8-46)64-39)71-41-28(58)23(53)35(73-43)17(10-48)66-41/h2-5,13-18,20-60H,6-11H2,1H3/t13-,14-,15-,16-,17-,18-,20-,21-,22-,23-,24-,25-,26-,27-,28-,29-,30-,31-,32-,33-,34-,35-,36+,37-,38-,39-,40-,41-,42-,43-/m1/s1. The maximum Gasteiger partial charge on any atom is 0.297 e. The average Bonchev–Trinajstić information content (AvgIpc) is 3.42. The van der Waals surface area contributed by atoms with Gasteiger partial charge in [0.15, 0.2) is 37.7 Å². The minimum Gasteiger partial charge on any atom is -0.394 e. The molecule has 0 spiro atoms. The molecule has 0 radical (unpaired) electrons. The second-order valence-electron chi connectivity index (χ2n) is 19.1. The number of benzene rings is 1. The first-order valence-electron chi connectivity index (χ1n) is 24.1. The highest BCUT2D eigenvalue weighted by atomic mass is 32.2. The third-order valence-electron chi connectivity index (χ3n) is 14.2. The minimum atomic E-state index is -4.98. The van der Waals surface area contributed by atoms with E-state index in [0.717, 1.165) is 6.07 Å². The van der Waals surface area contributed by atoms with Crippen molar-refractivity contribution in [2.75, 3.05) is 39.6 Å². The Labute approximate surface area is 431 Å². The molecule has 17 N–H and O–H groups in total. The first-order chi connectivity index (χ1) is 36.1. The Morgan fingerprint density at radius 1 is 0.355 bits per heavy atom. The molecule has 23 rings (SSSR count). The molecule has 22 aliphatic heterocycles. The zero-order valence-electron chi connectivity index (χ0n) is 40.0. The molecule has 12 bridgehead atoms. The zero-order chi connectivity index (χ0) is 55.2. The van der Waals surface area contributed by atoms with Crippen molar-refractivity contribution in [2.24, 2.45) is 0 Å². The predicted molar refractivity (Wildman–Crippen MR) is 233 cm³/mol. The summed E-state index contributed by atoms with van der Waals surface area (Å²) < 4.78 is 103. The van der Waals surface area contributed by atoms with Crippen molar-refractivity contribution in [3.63, 3.8) is 0 Å². The van der Waals surface area contributed by atoms with Crippen LogP contribution in [0.15, 0.2) is 29.2 Å². The lowest BCUT2D eigenvalue weighted by atomic mass is 9.94. The summed E-state index contributed by atoms with van der Waals surface area (Å²) in [6, 6.07) is 5.41. The van der Waals surface area contributed by atoms with E-state index in [1.165, 1.54) is 25.1 Å². The number of rotatable bonds is 9. The number of aliphatic hydroxyl groups excluding tert-OH is 17. The molecule has 0 amide bonds. The van der Waals surface area contributed by atoms with Gasteiger partial charge in [-0.05, 0) is 18.6 Å². The van der Waals surface area contributed by atoms with Crippen molar-refractivity contribution in [1.29, 1.82) is 0 Å². The Bertz CT molecular complexity index is 2120. The van der Waals surface area contributed by atoms with Gasteiger partial charge in [-0.3, -0.25) is 4.18 Å². The summed E-state index contributed by atoms with van der Waals surface area (Å²) in [6.45, 7) is -5.00. The van der Waals surface area contributed by atoms with Crippen molar-refractivity contribution in [3.8, 4) is 0 Å². The van der Waals surface area contributed by atoms with E-state index in [9.17, 15) is 95.2 Å². The number of aliphatic hydroxyl groups is 17. The molecule has 0 saturated carbocycles. The summed E-state index contributed by atoms with van der Waals surface area (Å²) in [5.41, 5.74) is 0.149. The zero-order valence-corrected chi connectivity index (χ0v) is 40.8. The summed E-state index contributed by atoms with van der Waals surface area (Å²) in [5, 5.41) is 188. The summed E-state index contributed by atoms with van der Waals surface area (Å²) >= 11 is 0. The molecule has 436 valence electrons. The Morgan fingerprint density at radius 2 is 0.592 bits per heavy atom. The molecule has 22 saturated heterocycles. The van der Waals surface area contributed by atoms with Gasteiger partial charge in [0, 0.05) is 0 Å². The smallest absolute Gasteiger partial charge is 0.297 e. The molecule has 22 fully saturated rings. The topological polar surface area (TPSA) is 498 Å². The fourth-order valence-electron chi connectivity index (χ4n) is 10.1. The number of hydrogen-bond donors (Lipinski definition) is 17. The van der Waals surface area contributed by atoms with Crippen LogP contribution in [0.5, 0.6) is 0 Å². The first kappa shape index (κ1) is 60.1. The van der Waals surface area contributed by atoms with Crippen LogP contribution in [0.3, 0.4) is 0 Å². The fraction of sp³-hybridized carbons (Fsp3) is 0.860. The van der Waals surface area contributed by atoms with Crippen LogP contribution in [-0.2, 0) is 71.1 Å². The van der Waals surface area contributed by atoms with Crippen LogP contribution >= 0.6 is 0 Å². The van der Waals surface area contributed by atoms with Crippen LogP contribution in [-0.4, -0.2) is 319 Å². The highest BCUT2D eigenvalue weighted by Crippen LogP contribution is 2.39. The number of hydrogen-bond acceptors (Lipinski definition) is 32. The van der Waals surface area contributed by atoms with Crippen molar-refractivity contribution in [2.45, 2.75) is 196 Å². The Balaban J connectivity index is 1.15. The van der Waals surface area contributed by atoms with E-state index >= 15 is 0 Å². The molecular weight excluding hydrogens is 1060 g/mol. The van der Waals surface area contributed by atoms with Crippen LogP contribution in [0.1, 0.15) is 5.56 Å². The molecule has 33 heteroatoms. The van der Waals surface area contributed by atoms with Gasteiger partial charge in [-0.1, -0.05) is 18.2 Å². The van der Waals surface area contributed by atoms with Gasteiger partial charge in [0.2, 0.25) is 0 Å². The van der Waals surface area contributed by atoms with Gasteiger partial charge in [-0.2, -0.15) is 8.42 Å². The van der Waals surface area contributed by atoms with Crippen LogP contribution in [0.25, 0.3) is 0 Å². The van der Waals surface area contributed by atoms with E-state index < -0.39 is 239 Å². The van der Waals surface area contributed by atoms with E-state index in [4.69, 9.17) is 61.0 Å². The first-order valence-corrected chi connectivity index (χ1v) is 25.5. The van der Waals surface area contributed by atoms with E-state index in [2.05, 4.69) is 0 Å². The molecule has 0 unspecified atom stereocenters. The maximum absolute atomic E-state index is 14.0. The molecule has 0 aliphatic carbocycles. The molecular formula is C43H66O32S. The quantitative estimate of drug-likeness (QED) is 0.102. The van der Waals surface area contributed by atoms with Gasteiger partial charge in [0.1, 0.15) is 146 Å². The van der Waals surface area contributed by atoms with Crippen molar-refractivity contribution in [3.05, 3.63) is 29.8 Å². The number of ether oxygens (including phenoxy) is 12. The van der Waals surface area contributed by atoms with Crippen LogP contribution in [0.4, 0.5) is 0 Å². The molecule has 0 aromatic heterocycles. The van der Waals surface area contributed by atoms with E-state index in [0.29, 0.717) is 0 Å². The van der Waals surface area contributed by atoms with Crippen LogP contribution < -0.4 is 0 Å². The average molecular weight is 1130 g/mol. The monoisotopic (exact) mass is 1130 g/mol. The Morgan fingerprint density at radius 3 is 0.855 bits per heavy atom. The lowest BCUT2D eigenvalue weighted by Gasteiger charge is -2.51. The summed E-state index contributed by atoms with van der Waals surface area (Å²) in [5.74, 6) is 0. The molecule has 1 aromatic carbocycles. The molecule has 22 heterocycles. The van der Waals surface area contributed by atoms with Gasteiger partial charge in [-0.25, -0.2) is 0 Å². The molecule has 1 aromatic rings. The van der Waals surface area contributed by atoms with E-state index in [-0.39, 0.29) is 5.56 Å². The third kappa shape index (κ3) is 11.7. The lowest BCUT2D eigenvalue weighted by Crippen LogP contribution is -2.69. The second kappa shape index (κ2) is 25.0. The van der Waals surface area contributed by atoms with E-state index in [1.807, 2.05) is 0 Å². The molecule has 30 atom stereocenters. The van der Waals surface area contributed by atoms with E-state index in [1.54, 1.807) is 0 Å². The Kier molecular flexibility index (Phi) is 19.8. The van der Waals surface area contributed by atoms with Crippen LogP contribution in [0, 0.1) is 6.92 Å². The largest absolute Gasteiger partial charge is 0.394 e. The van der Waals surface area contributed by atoms with Gasteiger partial charge >= 0.3 is 0 Å². The number of aryl methyl sites for hydroxylation is 1. The summed E-state index contributed by atoms with van der Waals surface area (Å²) in [6.07, 6.45) is -61.5. The molecule has 76 heavy (non-hydrogen) atoms. The highest BCUT2D eigenvalue weighted by molar-refractivity contribution is 7.86. The maximum atomic E-state index is 14.0. The third-order valence-corrected chi connectivity index (χ3v) is 15.7. The van der Waals surface area contributed by atoms with Gasteiger partial charge in [0.05, 0.1) is 44.5 Å². The minimum absolute atomic E-state index is 0.149. The highest BCUT2D eigenvalue weighted by Gasteiger charge is 2.59. The molecule has 32 nitrogen and oxygen atoms in total. The fourth-order valence-corrected chi connectivity index (χ4v) is 11.4. The molecule has 22 aliphatic rings. The van der Waals surface area contributed by atoms with Crippen molar-refractivity contribution >= 4 is 10.1 Å². The normalized spacial score (nSPS) is 49.8. The van der Waals surface area contributed by atoms with Crippen molar-refractivity contribution in [1.82, 2.24) is 0 Å². The van der Waals surface area contributed by atoms with Gasteiger partial charge < -0.3 is 144 Å². The lowest BCUT2D eigenvalue weighted by molar-refractivity contribution is -0.403. The summed E-state index contributed by atoms with van der Waals surface area (Å²) in [4.78, 5) is -0.428. The Hall–Kier alpha value is -2.03.